The Morgan fingerprint density at radius 3 is 2.29 bits per heavy atom. The number of amides is 3. The average Bonchev–Trinajstić information content (AvgIpc) is 2.98. The van der Waals surface area contributed by atoms with Gasteiger partial charge in [-0.3, -0.25) is 14.4 Å². The van der Waals surface area contributed by atoms with Crippen molar-refractivity contribution in [3.05, 3.63) is 95.2 Å². The van der Waals surface area contributed by atoms with E-state index in [9.17, 15) is 19.5 Å². The number of anilines is 3. The van der Waals surface area contributed by atoms with Gasteiger partial charge in [0.05, 0.1) is 5.69 Å². The van der Waals surface area contributed by atoms with Gasteiger partial charge in [0, 0.05) is 23.0 Å². The van der Waals surface area contributed by atoms with Crippen molar-refractivity contribution < 1.29 is 19.5 Å². The summed E-state index contributed by atoms with van der Waals surface area (Å²) in [7, 11) is 0. The molecule has 7 nitrogen and oxygen atoms in total. The van der Waals surface area contributed by atoms with E-state index in [-0.39, 0.29) is 16.5 Å². The van der Waals surface area contributed by atoms with E-state index in [0.29, 0.717) is 22.6 Å². The number of aromatic hydroxyl groups is 1. The molecule has 8 heteroatoms. The fourth-order valence-electron chi connectivity index (χ4n) is 3.09. The highest BCUT2D eigenvalue weighted by Gasteiger charge is 2.38. The van der Waals surface area contributed by atoms with Gasteiger partial charge < -0.3 is 15.7 Å². The van der Waals surface area contributed by atoms with Crippen molar-refractivity contribution >= 4 is 46.4 Å². The van der Waals surface area contributed by atoms with Gasteiger partial charge in [0.1, 0.15) is 16.5 Å². The second-order valence-corrected chi connectivity index (χ2v) is 7.06. The molecule has 0 radical (unpaired) electrons. The first kappa shape index (κ1) is 20.2. The van der Waals surface area contributed by atoms with E-state index in [0.717, 1.165) is 4.90 Å². The van der Waals surface area contributed by atoms with E-state index >= 15 is 0 Å². The van der Waals surface area contributed by atoms with Crippen LogP contribution in [0, 0.1) is 0 Å². The third kappa shape index (κ3) is 4.12. The smallest absolute Gasteiger partial charge is 0.283 e. The lowest BCUT2D eigenvalue weighted by atomic mass is 10.1. The Bertz CT molecular complexity index is 1220. The van der Waals surface area contributed by atoms with Crippen molar-refractivity contribution in [2.45, 2.75) is 0 Å². The maximum Gasteiger partial charge on any atom is 0.283 e. The molecule has 1 aliphatic heterocycles. The molecule has 3 aromatic rings. The van der Waals surface area contributed by atoms with Gasteiger partial charge in [0.15, 0.2) is 0 Å². The average molecular weight is 434 g/mol. The lowest BCUT2D eigenvalue weighted by molar-refractivity contribution is -0.120. The monoisotopic (exact) mass is 433 g/mol. The van der Waals surface area contributed by atoms with E-state index in [1.54, 1.807) is 60.7 Å². The molecular formula is C23H16ClN3O4. The normalized spacial score (nSPS) is 13.5. The number of hydrogen-bond acceptors (Lipinski definition) is 5. The molecule has 3 N–H and O–H groups in total. The van der Waals surface area contributed by atoms with Crippen LogP contribution in [0.25, 0.3) is 0 Å². The van der Waals surface area contributed by atoms with Gasteiger partial charge in [-0.25, -0.2) is 4.90 Å². The number of carbonyl (C=O) groups excluding carboxylic acids is 3. The zero-order valence-electron chi connectivity index (χ0n) is 16.0. The van der Waals surface area contributed by atoms with E-state index in [1.807, 2.05) is 0 Å². The van der Waals surface area contributed by atoms with Crippen LogP contribution in [0.3, 0.4) is 0 Å². The number of hydrogen-bond donors (Lipinski definition) is 3. The van der Waals surface area contributed by atoms with Crippen molar-refractivity contribution in [1.82, 2.24) is 0 Å². The number of imide groups is 1. The molecule has 0 saturated heterocycles. The number of rotatable bonds is 5. The summed E-state index contributed by atoms with van der Waals surface area (Å²) >= 11 is 6.14. The van der Waals surface area contributed by atoms with Crippen LogP contribution in [0.1, 0.15) is 10.4 Å². The number of carbonyl (C=O) groups is 3. The summed E-state index contributed by atoms with van der Waals surface area (Å²) in [6.07, 6.45) is 0. The molecule has 3 aromatic carbocycles. The fraction of sp³-hybridized carbons (Fsp3) is 0. The van der Waals surface area contributed by atoms with Crippen LogP contribution in [-0.4, -0.2) is 22.8 Å². The van der Waals surface area contributed by atoms with Crippen molar-refractivity contribution in [3.8, 4) is 5.75 Å². The van der Waals surface area contributed by atoms with Crippen LogP contribution in [-0.2, 0) is 9.59 Å². The Kier molecular flexibility index (Phi) is 5.43. The van der Waals surface area contributed by atoms with Crippen LogP contribution in [0.4, 0.5) is 17.1 Å². The first-order chi connectivity index (χ1) is 14.9. The zero-order chi connectivity index (χ0) is 22.0. The SMILES string of the molecule is O=C(Nc1cccc(O)c1)c1cccc(NC2=C(Cl)C(=O)N(c3ccccc3)C2=O)c1. The van der Waals surface area contributed by atoms with Crippen molar-refractivity contribution in [3.63, 3.8) is 0 Å². The van der Waals surface area contributed by atoms with Gasteiger partial charge in [-0.15, -0.1) is 0 Å². The first-order valence-corrected chi connectivity index (χ1v) is 9.63. The molecule has 0 bridgehead atoms. The van der Waals surface area contributed by atoms with Gasteiger partial charge in [0.2, 0.25) is 0 Å². The highest BCUT2D eigenvalue weighted by atomic mass is 35.5. The summed E-state index contributed by atoms with van der Waals surface area (Å²) in [5.41, 5.74) is 1.49. The maximum absolute atomic E-state index is 12.8. The molecule has 0 aliphatic carbocycles. The summed E-state index contributed by atoms with van der Waals surface area (Å²) in [4.78, 5) is 38.9. The predicted octanol–water partition coefficient (Wildman–Crippen LogP) is 4.08. The molecule has 3 amide bonds. The van der Waals surface area contributed by atoms with Crippen LogP contribution in [0.15, 0.2) is 89.6 Å². The minimum atomic E-state index is -0.627. The number of nitrogens with one attached hydrogen (secondary N) is 2. The van der Waals surface area contributed by atoms with Crippen molar-refractivity contribution in [1.29, 1.82) is 0 Å². The van der Waals surface area contributed by atoms with E-state index in [2.05, 4.69) is 10.6 Å². The van der Waals surface area contributed by atoms with Gasteiger partial charge in [0.25, 0.3) is 17.7 Å². The van der Waals surface area contributed by atoms with E-state index in [1.165, 1.54) is 18.2 Å². The molecule has 0 aromatic heterocycles. The molecule has 0 fully saturated rings. The second kappa shape index (κ2) is 8.33. The molecule has 4 rings (SSSR count). The maximum atomic E-state index is 12.8. The summed E-state index contributed by atoms with van der Waals surface area (Å²) in [6.45, 7) is 0. The molecule has 1 aliphatic rings. The van der Waals surface area contributed by atoms with E-state index < -0.39 is 17.7 Å². The summed E-state index contributed by atoms with van der Waals surface area (Å²) in [5.74, 6) is -1.59. The minimum absolute atomic E-state index is 0.0298. The van der Waals surface area contributed by atoms with Crippen LogP contribution >= 0.6 is 11.6 Å². The fourth-order valence-corrected chi connectivity index (χ4v) is 3.30. The Hall–Kier alpha value is -4.10. The largest absolute Gasteiger partial charge is 0.508 e. The van der Waals surface area contributed by atoms with Crippen LogP contribution in [0.5, 0.6) is 5.75 Å². The molecule has 0 atom stereocenters. The lowest BCUT2D eigenvalue weighted by Crippen LogP contribution is -2.32. The number of phenolic OH excluding ortho intramolecular Hbond substituents is 1. The highest BCUT2D eigenvalue weighted by Crippen LogP contribution is 2.30. The molecule has 0 saturated carbocycles. The van der Waals surface area contributed by atoms with Crippen LogP contribution < -0.4 is 15.5 Å². The topological polar surface area (TPSA) is 98.7 Å². The molecule has 0 unspecified atom stereocenters. The Morgan fingerprint density at radius 1 is 0.839 bits per heavy atom. The summed E-state index contributed by atoms with van der Waals surface area (Å²) < 4.78 is 0. The predicted molar refractivity (Wildman–Crippen MR) is 118 cm³/mol. The third-order valence-corrected chi connectivity index (χ3v) is 4.89. The summed E-state index contributed by atoms with van der Waals surface area (Å²) in [5, 5.41) is 14.8. The van der Waals surface area contributed by atoms with Gasteiger partial charge in [-0.2, -0.15) is 0 Å². The Balaban J connectivity index is 1.54. The molecule has 154 valence electrons. The van der Waals surface area contributed by atoms with Gasteiger partial charge in [-0.05, 0) is 42.5 Å². The number of benzene rings is 3. The molecular weight excluding hydrogens is 418 g/mol. The van der Waals surface area contributed by atoms with Gasteiger partial charge >= 0.3 is 0 Å². The molecule has 1 heterocycles. The standard InChI is InChI=1S/C23H16ClN3O4/c24-19-20(23(31)27(22(19)30)17-9-2-1-3-10-17)25-15-7-4-6-14(12-15)21(29)26-16-8-5-11-18(28)13-16/h1-13,25,28H,(H,26,29). The second-order valence-electron chi connectivity index (χ2n) is 6.68. The van der Waals surface area contributed by atoms with Crippen molar-refractivity contribution in [2.24, 2.45) is 0 Å². The number of phenols is 1. The molecule has 0 spiro atoms. The highest BCUT2D eigenvalue weighted by molar-refractivity contribution is 6.53. The van der Waals surface area contributed by atoms with Crippen LogP contribution in [0.2, 0.25) is 0 Å². The van der Waals surface area contributed by atoms with E-state index in [4.69, 9.17) is 11.6 Å². The minimum Gasteiger partial charge on any atom is -0.508 e. The third-order valence-electron chi connectivity index (χ3n) is 4.54. The first-order valence-electron chi connectivity index (χ1n) is 9.25. The lowest BCUT2D eigenvalue weighted by Gasteiger charge is -2.15. The summed E-state index contributed by atoms with van der Waals surface area (Å²) in [6, 6.07) is 21.0. The zero-order valence-corrected chi connectivity index (χ0v) is 16.8. The number of nitrogens with zero attached hydrogens (tertiary/aromatic N) is 1. The van der Waals surface area contributed by atoms with Gasteiger partial charge in [-0.1, -0.05) is 41.9 Å². The number of para-hydroxylation sites is 1. The Morgan fingerprint density at radius 2 is 1.55 bits per heavy atom. The quantitative estimate of drug-likeness (QED) is 0.526. The Labute approximate surface area is 182 Å². The molecule has 31 heavy (non-hydrogen) atoms. The van der Waals surface area contributed by atoms with Crippen molar-refractivity contribution in [2.75, 3.05) is 15.5 Å². The number of halogens is 1.